The molecule has 0 fully saturated rings. The standard InChI is InChI=1S/C14H13NO/c1-3-12-13-8-10(9-15)4-5-11(13)6-7-14(12)16-2/h4-8H,3H2,1-2H3. The van der Waals surface area contributed by atoms with E-state index in [1.54, 1.807) is 7.11 Å². The summed E-state index contributed by atoms with van der Waals surface area (Å²) in [5, 5.41) is 11.2. The molecule has 2 heteroatoms. The smallest absolute Gasteiger partial charge is 0.122 e. The number of nitrogens with zero attached hydrogens (tertiary/aromatic N) is 1. The van der Waals surface area contributed by atoms with Crippen molar-refractivity contribution in [3.05, 3.63) is 41.5 Å². The number of rotatable bonds is 2. The minimum atomic E-state index is 0.690. The van der Waals surface area contributed by atoms with Crippen LogP contribution in [0.3, 0.4) is 0 Å². The lowest BCUT2D eigenvalue weighted by molar-refractivity contribution is 0.411. The minimum Gasteiger partial charge on any atom is -0.496 e. The minimum absolute atomic E-state index is 0.690. The Morgan fingerprint density at radius 2 is 2.00 bits per heavy atom. The molecule has 0 atom stereocenters. The molecular weight excluding hydrogens is 198 g/mol. The van der Waals surface area contributed by atoms with E-state index < -0.39 is 0 Å². The molecule has 2 nitrogen and oxygen atoms in total. The van der Waals surface area contributed by atoms with Crippen LogP contribution >= 0.6 is 0 Å². The number of methoxy groups -OCH3 is 1. The van der Waals surface area contributed by atoms with Crippen LogP contribution in [0, 0.1) is 11.3 Å². The zero-order valence-electron chi connectivity index (χ0n) is 9.45. The van der Waals surface area contributed by atoms with Gasteiger partial charge in [-0.3, -0.25) is 0 Å². The van der Waals surface area contributed by atoms with E-state index in [0.29, 0.717) is 5.56 Å². The fourth-order valence-corrected chi connectivity index (χ4v) is 1.99. The summed E-state index contributed by atoms with van der Waals surface area (Å²) in [4.78, 5) is 0. The average Bonchev–Trinajstić information content (AvgIpc) is 2.36. The van der Waals surface area contributed by atoms with Gasteiger partial charge < -0.3 is 4.74 Å². The van der Waals surface area contributed by atoms with Gasteiger partial charge in [0.1, 0.15) is 5.75 Å². The van der Waals surface area contributed by atoms with Gasteiger partial charge in [0, 0.05) is 5.56 Å². The number of ether oxygens (including phenoxy) is 1. The number of benzene rings is 2. The summed E-state index contributed by atoms with van der Waals surface area (Å²) in [5.41, 5.74) is 1.85. The molecule has 0 aliphatic rings. The first kappa shape index (κ1) is 10.5. The Hall–Kier alpha value is -2.01. The van der Waals surface area contributed by atoms with Gasteiger partial charge in [-0.25, -0.2) is 0 Å². The molecule has 2 rings (SSSR count). The van der Waals surface area contributed by atoms with Crippen molar-refractivity contribution >= 4 is 10.8 Å². The van der Waals surface area contributed by atoms with Gasteiger partial charge in [0.25, 0.3) is 0 Å². The molecule has 2 aromatic rings. The lowest BCUT2D eigenvalue weighted by Crippen LogP contribution is -1.92. The molecule has 0 N–H and O–H groups in total. The fraction of sp³-hybridized carbons (Fsp3) is 0.214. The third-order valence-corrected chi connectivity index (χ3v) is 2.79. The summed E-state index contributed by atoms with van der Waals surface area (Å²) in [5.74, 6) is 0.894. The summed E-state index contributed by atoms with van der Waals surface area (Å²) < 4.78 is 5.33. The van der Waals surface area contributed by atoms with Gasteiger partial charge in [0.05, 0.1) is 18.7 Å². The molecule has 80 valence electrons. The predicted octanol–water partition coefficient (Wildman–Crippen LogP) is 3.28. The predicted molar refractivity (Wildman–Crippen MR) is 64.6 cm³/mol. The maximum Gasteiger partial charge on any atom is 0.122 e. The van der Waals surface area contributed by atoms with Crippen LogP contribution in [0.25, 0.3) is 10.8 Å². The van der Waals surface area contributed by atoms with Crippen LogP contribution in [0.5, 0.6) is 5.75 Å². The molecule has 0 saturated heterocycles. The first-order valence-electron chi connectivity index (χ1n) is 5.30. The van der Waals surface area contributed by atoms with Gasteiger partial charge in [-0.1, -0.05) is 19.1 Å². The Morgan fingerprint density at radius 1 is 1.25 bits per heavy atom. The second-order valence-electron chi connectivity index (χ2n) is 3.65. The summed E-state index contributed by atoms with van der Waals surface area (Å²) in [6, 6.07) is 11.9. The van der Waals surface area contributed by atoms with Gasteiger partial charge in [-0.05, 0) is 35.4 Å². The molecule has 0 aliphatic carbocycles. The molecule has 0 saturated carbocycles. The SMILES string of the molecule is CCc1c(OC)ccc2ccc(C#N)cc12. The van der Waals surface area contributed by atoms with E-state index in [9.17, 15) is 0 Å². The molecule has 2 aromatic carbocycles. The van der Waals surface area contributed by atoms with Gasteiger partial charge in [0.15, 0.2) is 0 Å². The zero-order chi connectivity index (χ0) is 11.5. The van der Waals surface area contributed by atoms with Crippen molar-refractivity contribution in [3.63, 3.8) is 0 Å². The van der Waals surface area contributed by atoms with E-state index in [0.717, 1.165) is 28.5 Å². The summed E-state index contributed by atoms with van der Waals surface area (Å²) in [6.07, 6.45) is 0.898. The van der Waals surface area contributed by atoms with Crippen molar-refractivity contribution in [2.45, 2.75) is 13.3 Å². The van der Waals surface area contributed by atoms with Crippen molar-refractivity contribution in [3.8, 4) is 11.8 Å². The Balaban J connectivity index is 2.79. The van der Waals surface area contributed by atoms with Crippen molar-refractivity contribution in [2.24, 2.45) is 0 Å². The van der Waals surface area contributed by atoms with Crippen molar-refractivity contribution in [2.75, 3.05) is 7.11 Å². The van der Waals surface area contributed by atoms with E-state index in [1.807, 2.05) is 30.3 Å². The summed E-state index contributed by atoms with van der Waals surface area (Å²) >= 11 is 0. The van der Waals surface area contributed by atoms with E-state index >= 15 is 0 Å². The monoisotopic (exact) mass is 211 g/mol. The highest BCUT2D eigenvalue weighted by molar-refractivity contribution is 5.88. The molecular formula is C14H13NO. The van der Waals surface area contributed by atoms with Crippen LogP contribution in [0.1, 0.15) is 18.1 Å². The van der Waals surface area contributed by atoms with Crippen LogP contribution in [0.4, 0.5) is 0 Å². The summed E-state index contributed by atoms with van der Waals surface area (Å²) in [7, 11) is 1.68. The topological polar surface area (TPSA) is 33.0 Å². The highest BCUT2D eigenvalue weighted by Crippen LogP contribution is 2.29. The third-order valence-electron chi connectivity index (χ3n) is 2.79. The van der Waals surface area contributed by atoms with Crippen LogP contribution < -0.4 is 4.74 Å². The molecule has 0 bridgehead atoms. The largest absolute Gasteiger partial charge is 0.496 e. The van der Waals surface area contributed by atoms with Crippen molar-refractivity contribution in [1.82, 2.24) is 0 Å². The quantitative estimate of drug-likeness (QED) is 0.763. The number of fused-ring (bicyclic) bond motifs is 1. The molecule has 16 heavy (non-hydrogen) atoms. The van der Waals surface area contributed by atoms with Crippen LogP contribution in [0.15, 0.2) is 30.3 Å². The van der Waals surface area contributed by atoms with Gasteiger partial charge >= 0.3 is 0 Å². The maximum atomic E-state index is 8.91. The lowest BCUT2D eigenvalue weighted by Gasteiger charge is -2.10. The van der Waals surface area contributed by atoms with Crippen molar-refractivity contribution in [1.29, 1.82) is 5.26 Å². The van der Waals surface area contributed by atoms with E-state index in [4.69, 9.17) is 10.00 Å². The molecule has 0 aromatic heterocycles. The van der Waals surface area contributed by atoms with Gasteiger partial charge in [-0.15, -0.1) is 0 Å². The fourth-order valence-electron chi connectivity index (χ4n) is 1.99. The molecule has 0 heterocycles. The lowest BCUT2D eigenvalue weighted by atomic mass is 10.00. The molecule has 0 aliphatic heterocycles. The first-order valence-corrected chi connectivity index (χ1v) is 5.30. The second-order valence-corrected chi connectivity index (χ2v) is 3.65. The van der Waals surface area contributed by atoms with Gasteiger partial charge in [-0.2, -0.15) is 5.26 Å². The normalized spacial score (nSPS) is 10.1. The van der Waals surface area contributed by atoms with E-state index in [2.05, 4.69) is 13.0 Å². The highest BCUT2D eigenvalue weighted by Gasteiger charge is 2.06. The van der Waals surface area contributed by atoms with Crippen LogP contribution in [-0.2, 0) is 6.42 Å². The Labute approximate surface area is 95.1 Å². The van der Waals surface area contributed by atoms with Gasteiger partial charge in [0.2, 0.25) is 0 Å². The summed E-state index contributed by atoms with van der Waals surface area (Å²) in [6.45, 7) is 2.09. The van der Waals surface area contributed by atoms with Crippen LogP contribution in [-0.4, -0.2) is 7.11 Å². The maximum absolute atomic E-state index is 8.91. The highest BCUT2D eigenvalue weighted by atomic mass is 16.5. The molecule has 0 spiro atoms. The third kappa shape index (κ3) is 1.61. The Morgan fingerprint density at radius 3 is 2.62 bits per heavy atom. The van der Waals surface area contributed by atoms with Crippen molar-refractivity contribution < 1.29 is 4.74 Å². The number of aryl methyl sites for hydroxylation is 1. The second kappa shape index (κ2) is 4.24. The molecule has 0 radical (unpaired) electrons. The number of nitriles is 1. The van der Waals surface area contributed by atoms with Crippen LogP contribution in [0.2, 0.25) is 0 Å². The Kier molecular flexibility index (Phi) is 2.78. The average molecular weight is 211 g/mol. The zero-order valence-corrected chi connectivity index (χ0v) is 9.45. The van der Waals surface area contributed by atoms with E-state index in [1.165, 1.54) is 0 Å². The number of hydrogen-bond acceptors (Lipinski definition) is 2. The first-order chi connectivity index (χ1) is 7.80. The molecule has 0 amide bonds. The van der Waals surface area contributed by atoms with E-state index in [-0.39, 0.29) is 0 Å². The number of hydrogen-bond donors (Lipinski definition) is 0. The Bertz CT molecular complexity index is 567. The molecule has 0 unspecified atom stereocenters.